The van der Waals surface area contributed by atoms with Crippen molar-refractivity contribution in [2.75, 3.05) is 20.3 Å². The lowest BCUT2D eigenvalue weighted by Crippen LogP contribution is -2.23. The highest BCUT2D eigenvalue weighted by Crippen LogP contribution is 2.18. The van der Waals surface area contributed by atoms with Crippen molar-refractivity contribution in [2.24, 2.45) is 0 Å². The maximum atomic E-state index is 11.3. The van der Waals surface area contributed by atoms with Crippen molar-refractivity contribution in [1.29, 1.82) is 0 Å². The number of carbonyl (C=O) groups is 1. The Morgan fingerprint density at radius 1 is 1.42 bits per heavy atom. The Morgan fingerprint density at radius 2 is 2.16 bits per heavy atom. The maximum absolute atomic E-state index is 11.3. The summed E-state index contributed by atoms with van der Waals surface area (Å²) in [5.74, 6) is -0.505. The van der Waals surface area contributed by atoms with E-state index >= 15 is 0 Å². The average molecular weight is 266 g/mol. The summed E-state index contributed by atoms with van der Waals surface area (Å²) >= 11 is 0. The molecule has 7 heteroatoms. The Bertz CT molecular complexity index is 473. The van der Waals surface area contributed by atoms with Crippen molar-refractivity contribution in [3.8, 4) is 0 Å². The molecule has 0 bridgehead atoms. The van der Waals surface area contributed by atoms with Crippen LogP contribution in [0.2, 0.25) is 0 Å². The van der Waals surface area contributed by atoms with E-state index < -0.39 is 10.8 Å². The summed E-state index contributed by atoms with van der Waals surface area (Å²) in [5.41, 5.74) is 2.44. The van der Waals surface area contributed by atoms with Crippen LogP contribution in [0, 0.1) is 10.1 Å². The Hall–Kier alpha value is -2.25. The fraction of sp³-hybridized carbons (Fsp3) is 0.250. The summed E-state index contributed by atoms with van der Waals surface area (Å²) in [7, 11) is 1.51. The van der Waals surface area contributed by atoms with Crippen molar-refractivity contribution < 1.29 is 19.3 Å². The molecule has 0 heterocycles. The number of methoxy groups -OCH3 is 1. The lowest BCUT2D eigenvalue weighted by Gasteiger charge is -2.02. The predicted molar refractivity (Wildman–Crippen MR) is 68.1 cm³/mol. The largest absolute Gasteiger partial charge is 0.382 e. The first-order valence-corrected chi connectivity index (χ1v) is 5.47. The van der Waals surface area contributed by atoms with Crippen molar-refractivity contribution in [3.05, 3.63) is 46.0 Å². The van der Waals surface area contributed by atoms with Gasteiger partial charge in [0.2, 0.25) is 0 Å². The number of rotatable bonds is 7. The van der Waals surface area contributed by atoms with E-state index in [4.69, 9.17) is 9.57 Å². The van der Waals surface area contributed by atoms with Crippen LogP contribution in [0.4, 0.5) is 5.69 Å². The van der Waals surface area contributed by atoms with Gasteiger partial charge in [-0.3, -0.25) is 19.7 Å². The van der Waals surface area contributed by atoms with Gasteiger partial charge < -0.3 is 4.74 Å². The SMILES string of the molecule is COCCONC(=O)/C=C/c1ccccc1[N+](=O)[O-]. The molecule has 19 heavy (non-hydrogen) atoms. The third-order valence-corrected chi connectivity index (χ3v) is 2.11. The minimum absolute atomic E-state index is 0.0631. The molecule has 7 nitrogen and oxygen atoms in total. The summed E-state index contributed by atoms with van der Waals surface area (Å²) in [6.45, 7) is 0.579. The molecule has 1 amide bonds. The fourth-order valence-electron chi connectivity index (χ4n) is 1.24. The Balaban J connectivity index is 2.56. The van der Waals surface area contributed by atoms with E-state index in [9.17, 15) is 14.9 Å². The molecule has 0 radical (unpaired) electrons. The Kier molecular flexibility index (Phi) is 6.20. The summed E-state index contributed by atoms with van der Waals surface area (Å²) in [5, 5.41) is 10.7. The minimum Gasteiger partial charge on any atom is -0.382 e. The zero-order chi connectivity index (χ0) is 14.1. The first-order chi connectivity index (χ1) is 9.15. The van der Waals surface area contributed by atoms with Gasteiger partial charge in [0, 0.05) is 19.3 Å². The molecule has 0 aromatic heterocycles. The van der Waals surface area contributed by atoms with Crippen LogP contribution >= 0.6 is 0 Å². The predicted octanol–water partition coefficient (Wildman–Crippen LogP) is 1.30. The molecule has 0 spiro atoms. The first-order valence-electron chi connectivity index (χ1n) is 5.47. The number of nitro groups is 1. The highest BCUT2D eigenvalue weighted by molar-refractivity contribution is 5.91. The number of nitrogens with one attached hydrogen (secondary N) is 1. The van der Waals surface area contributed by atoms with Crippen molar-refractivity contribution >= 4 is 17.7 Å². The summed E-state index contributed by atoms with van der Waals surface area (Å²) < 4.78 is 4.73. The third-order valence-electron chi connectivity index (χ3n) is 2.11. The van der Waals surface area contributed by atoms with Crippen molar-refractivity contribution in [2.45, 2.75) is 0 Å². The van der Waals surface area contributed by atoms with Crippen LogP contribution in [0.25, 0.3) is 6.08 Å². The van der Waals surface area contributed by atoms with Crippen LogP contribution in [0.1, 0.15) is 5.56 Å². The van der Waals surface area contributed by atoms with E-state index in [0.717, 1.165) is 6.08 Å². The quantitative estimate of drug-likeness (QED) is 0.347. The van der Waals surface area contributed by atoms with Crippen LogP contribution in [0.5, 0.6) is 0 Å². The van der Waals surface area contributed by atoms with Gasteiger partial charge in [-0.1, -0.05) is 12.1 Å². The third kappa shape index (κ3) is 5.28. The number of benzene rings is 1. The molecule has 0 fully saturated rings. The van der Waals surface area contributed by atoms with Gasteiger partial charge in [-0.15, -0.1) is 0 Å². The number of carbonyl (C=O) groups excluding carboxylic acids is 1. The number of para-hydroxylation sites is 1. The number of ether oxygens (including phenoxy) is 1. The lowest BCUT2D eigenvalue weighted by molar-refractivity contribution is -0.385. The molecule has 1 aromatic rings. The Morgan fingerprint density at radius 3 is 2.84 bits per heavy atom. The second-order valence-corrected chi connectivity index (χ2v) is 3.46. The molecule has 0 atom stereocenters. The number of hydrogen-bond acceptors (Lipinski definition) is 5. The molecular weight excluding hydrogens is 252 g/mol. The maximum Gasteiger partial charge on any atom is 0.276 e. The molecular formula is C12H14N2O5. The topological polar surface area (TPSA) is 90.7 Å². The van der Waals surface area contributed by atoms with E-state index in [1.165, 1.54) is 19.3 Å². The molecule has 102 valence electrons. The smallest absolute Gasteiger partial charge is 0.276 e. The van der Waals surface area contributed by atoms with Gasteiger partial charge in [0.05, 0.1) is 23.7 Å². The number of hydroxylamine groups is 1. The standard InChI is InChI=1S/C12H14N2O5/c1-18-8-9-19-13-12(15)7-6-10-4-2-3-5-11(10)14(16)17/h2-7H,8-9H2,1H3,(H,13,15)/b7-6+. The number of hydrogen-bond donors (Lipinski definition) is 1. The van der Waals surface area contributed by atoms with Gasteiger partial charge in [-0.2, -0.15) is 0 Å². The molecule has 0 aliphatic rings. The number of nitrogens with zero attached hydrogens (tertiary/aromatic N) is 1. The van der Waals surface area contributed by atoms with E-state index in [-0.39, 0.29) is 12.3 Å². The number of amides is 1. The molecule has 0 aliphatic heterocycles. The van der Waals surface area contributed by atoms with Crippen LogP contribution in [-0.4, -0.2) is 31.2 Å². The lowest BCUT2D eigenvalue weighted by atomic mass is 10.1. The molecule has 1 N–H and O–H groups in total. The molecule has 1 rings (SSSR count). The van der Waals surface area contributed by atoms with Gasteiger partial charge >= 0.3 is 0 Å². The average Bonchev–Trinajstić information content (AvgIpc) is 2.41. The van der Waals surface area contributed by atoms with E-state index in [1.54, 1.807) is 18.2 Å². The fourth-order valence-corrected chi connectivity index (χ4v) is 1.24. The van der Waals surface area contributed by atoms with Gasteiger partial charge in [0.25, 0.3) is 11.6 Å². The van der Waals surface area contributed by atoms with Crippen LogP contribution < -0.4 is 5.48 Å². The zero-order valence-electron chi connectivity index (χ0n) is 10.4. The Labute approximate surface area is 109 Å². The van der Waals surface area contributed by atoms with Crippen LogP contribution in [0.3, 0.4) is 0 Å². The van der Waals surface area contributed by atoms with Crippen LogP contribution in [-0.2, 0) is 14.4 Å². The van der Waals surface area contributed by atoms with E-state index in [2.05, 4.69) is 5.48 Å². The second-order valence-electron chi connectivity index (χ2n) is 3.46. The van der Waals surface area contributed by atoms with Crippen molar-refractivity contribution in [1.82, 2.24) is 5.48 Å². The summed E-state index contributed by atoms with van der Waals surface area (Å²) in [6.07, 6.45) is 2.52. The molecule has 0 unspecified atom stereocenters. The summed E-state index contributed by atoms with van der Waals surface area (Å²) in [6, 6.07) is 6.13. The second kappa shape index (κ2) is 7.96. The normalized spacial score (nSPS) is 10.6. The van der Waals surface area contributed by atoms with Crippen LogP contribution in [0.15, 0.2) is 30.3 Å². The van der Waals surface area contributed by atoms with E-state index in [0.29, 0.717) is 12.2 Å². The molecule has 0 aliphatic carbocycles. The monoisotopic (exact) mass is 266 g/mol. The van der Waals surface area contributed by atoms with Gasteiger partial charge in [0.15, 0.2) is 0 Å². The highest BCUT2D eigenvalue weighted by Gasteiger charge is 2.09. The number of nitro benzene ring substituents is 1. The molecule has 1 aromatic carbocycles. The van der Waals surface area contributed by atoms with Gasteiger partial charge in [-0.05, 0) is 12.1 Å². The molecule has 0 saturated heterocycles. The zero-order valence-corrected chi connectivity index (χ0v) is 10.4. The van der Waals surface area contributed by atoms with Crippen molar-refractivity contribution in [3.63, 3.8) is 0 Å². The highest BCUT2D eigenvalue weighted by atomic mass is 16.7. The molecule has 0 saturated carbocycles. The van der Waals surface area contributed by atoms with Gasteiger partial charge in [0.1, 0.15) is 0 Å². The van der Waals surface area contributed by atoms with E-state index in [1.807, 2.05) is 0 Å². The minimum atomic E-state index is -0.507. The van der Waals surface area contributed by atoms with Gasteiger partial charge in [-0.25, -0.2) is 5.48 Å². The summed E-state index contributed by atoms with van der Waals surface area (Å²) in [4.78, 5) is 26.4. The first kappa shape index (κ1) is 14.8.